The first-order chi connectivity index (χ1) is 10.4. The lowest BCUT2D eigenvalue weighted by atomic mass is 10.2. The number of nitrogens with two attached hydrogens (primary N) is 1. The number of hydrogen-bond acceptors (Lipinski definition) is 4. The van der Waals surface area contributed by atoms with Crippen molar-refractivity contribution < 1.29 is 9.47 Å². The molecular weight excluding hydrogens is 304 g/mol. The minimum Gasteiger partial charge on any atom is -0.476 e. The van der Waals surface area contributed by atoms with E-state index in [0.717, 1.165) is 5.56 Å². The van der Waals surface area contributed by atoms with Gasteiger partial charge in [-0.1, -0.05) is 25.4 Å². The van der Waals surface area contributed by atoms with Gasteiger partial charge in [0.05, 0.1) is 19.8 Å². The minimum absolute atomic E-state index is 0.0993. The summed E-state index contributed by atoms with van der Waals surface area (Å²) in [4.78, 5) is 8.46. The van der Waals surface area contributed by atoms with Crippen LogP contribution in [0.5, 0.6) is 5.88 Å². The molecule has 124 valence electrons. The Kier molecular flexibility index (Phi) is 7.98. The molecule has 1 aromatic rings. The monoisotopic (exact) mass is 328 g/mol. The third-order valence-electron chi connectivity index (χ3n) is 2.66. The van der Waals surface area contributed by atoms with Crippen LogP contribution < -0.4 is 15.8 Å². The minimum atomic E-state index is 0.0993. The van der Waals surface area contributed by atoms with E-state index in [9.17, 15) is 0 Å². The molecule has 6 nitrogen and oxygen atoms in total. The molecule has 1 rings (SSSR count). The van der Waals surface area contributed by atoms with Crippen LogP contribution in [0.2, 0.25) is 5.02 Å². The summed E-state index contributed by atoms with van der Waals surface area (Å²) in [6.07, 6.45) is 1.69. The third kappa shape index (κ3) is 6.95. The van der Waals surface area contributed by atoms with Crippen LogP contribution in [0.15, 0.2) is 17.3 Å². The molecule has 1 unspecified atom stereocenters. The summed E-state index contributed by atoms with van der Waals surface area (Å²) < 4.78 is 10.5. The van der Waals surface area contributed by atoms with Gasteiger partial charge in [-0.25, -0.2) is 9.98 Å². The SMILES string of the molecule is COCC(C)NC(N)=NCc1cnc(OCC(C)C)c(Cl)c1. The van der Waals surface area contributed by atoms with E-state index in [1.54, 1.807) is 19.4 Å². The van der Waals surface area contributed by atoms with Crippen LogP contribution in [0.4, 0.5) is 0 Å². The smallest absolute Gasteiger partial charge is 0.232 e. The first kappa shape index (κ1) is 18.5. The Bertz CT molecular complexity index is 494. The Labute approximate surface area is 137 Å². The van der Waals surface area contributed by atoms with Crippen molar-refractivity contribution in [3.05, 3.63) is 22.8 Å². The first-order valence-electron chi connectivity index (χ1n) is 7.25. The highest BCUT2D eigenvalue weighted by atomic mass is 35.5. The Morgan fingerprint density at radius 3 is 2.73 bits per heavy atom. The number of aromatic nitrogens is 1. The molecule has 22 heavy (non-hydrogen) atoms. The van der Waals surface area contributed by atoms with Gasteiger partial charge in [-0.2, -0.15) is 0 Å². The topological polar surface area (TPSA) is 81.8 Å². The number of rotatable bonds is 8. The van der Waals surface area contributed by atoms with Crippen LogP contribution in [0.25, 0.3) is 0 Å². The van der Waals surface area contributed by atoms with E-state index in [1.165, 1.54) is 0 Å². The number of nitrogens with one attached hydrogen (secondary N) is 1. The predicted octanol–water partition coefficient (Wildman–Crippen LogP) is 2.21. The average molecular weight is 329 g/mol. The zero-order chi connectivity index (χ0) is 16.5. The van der Waals surface area contributed by atoms with Crippen molar-refractivity contribution in [2.75, 3.05) is 20.3 Å². The molecular formula is C15H25ClN4O2. The highest BCUT2D eigenvalue weighted by Gasteiger charge is 2.06. The Morgan fingerprint density at radius 1 is 1.41 bits per heavy atom. The van der Waals surface area contributed by atoms with Crippen LogP contribution in [-0.4, -0.2) is 37.3 Å². The van der Waals surface area contributed by atoms with E-state index in [-0.39, 0.29) is 6.04 Å². The molecule has 1 heterocycles. The molecule has 0 amide bonds. The van der Waals surface area contributed by atoms with E-state index in [4.69, 9.17) is 26.8 Å². The van der Waals surface area contributed by atoms with E-state index < -0.39 is 0 Å². The fourth-order valence-corrected chi connectivity index (χ4v) is 1.91. The number of nitrogens with zero attached hydrogens (tertiary/aromatic N) is 2. The summed E-state index contributed by atoms with van der Waals surface area (Å²) in [7, 11) is 1.64. The van der Waals surface area contributed by atoms with Gasteiger partial charge in [0.25, 0.3) is 0 Å². The average Bonchev–Trinajstić information content (AvgIpc) is 2.44. The van der Waals surface area contributed by atoms with Crippen molar-refractivity contribution in [1.29, 1.82) is 0 Å². The Morgan fingerprint density at radius 2 is 2.14 bits per heavy atom. The lowest BCUT2D eigenvalue weighted by Crippen LogP contribution is -2.40. The van der Waals surface area contributed by atoms with Crippen molar-refractivity contribution in [1.82, 2.24) is 10.3 Å². The maximum absolute atomic E-state index is 6.15. The van der Waals surface area contributed by atoms with Gasteiger partial charge in [0.2, 0.25) is 5.88 Å². The number of aliphatic imine (C=N–C) groups is 1. The molecule has 3 N–H and O–H groups in total. The highest BCUT2D eigenvalue weighted by Crippen LogP contribution is 2.23. The second-order valence-electron chi connectivity index (χ2n) is 5.54. The summed E-state index contributed by atoms with van der Waals surface area (Å²) in [5, 5.41) is 3.51. The maximum Gasteiger partial charge on any atom is 0.232 e. The molecule has 0 spiro atoms. The lowest BCUT2D eigenvalue weighted by Gasteiger charge is -2.13. The normalized spacial score (nSPS) is 13.3. The van der Waals surface area contributed by atoms with Gasteiger partial charge < -0.3 is 20.5 Å². The fourth-order valence-electron chi connectivity index (χ4n) is 1.67. The number of hydrogen-bond donors (Lipinski definition) is 2. The molecule has 0 aliphatic rings. The van der Waals surface area contributed by atoms with Gasteiger partial charge in [-0.3, -0.25) is 0 Å². The highest BCUT2D eigenvalue weighted by molar-refractivity contribution is 6.31. The van der Waals surface area contributed by atoms with Gasteiger partial charge >= 0.3 is 0 Å². The first-order valence-corrected chi connectivity index (χ1v) is 7.62. The predicted molar refractivity (Wildman–Crippen MR) is 89.4 cm³/mol. The number of pyridine rings is 1. The lowest BCUT2D eigenvalue weighted by molar-refractivity contribution is 0.179. The molecule has 0 bridgehead atoms. The molecule has 1 atom stereocenters. The molecule has 7 heteroatoms. The van der Waals surface area contributed by atoms with Crippen molar-refractivity contribution in [3.8, 4) is 5.88 Å². The van der Waals surface area contributed by atoms with E-state index in [0.29, 0.717) is 42.5 Å². The Balaban J connectivity index is 2.57. The van der Waals surface area contributed by atoms with Gasteiger partial charge in [0, 0.05) is 19.3 Å². The van der Waals surface area contributed by atoms with Crippen LogP contribution in [0.3, 0.4) is 0 Å². The zero-order valence-electron chi connectivity index (χ0n) is 13.6. The van der Waals surface area contributed by atoms with Crippen molar-refractivity contribution in [3.63, 3.8) is 0 Å². The quantitative estimate of drug-likeness (QED) is 0.565. The third-order valence-corrected chi connectivity index (χ3v) is 2.93. The summed E-state index contributed by atoms with van der Waals surface area (Å²) >= 11 is 6.15. The van der Waals surface area contributed by atoms with Crippen LogP contribution in [0.1, 0.15) is 26.3 Å². The van der Waals surface area contributed by atoms with Crippen LogP contribution in [-0.2, 0) is 11.3 Å². The second kappa shape index (κ2) is 9.48. The number of methoxy groups -OCH3 is 1. The molecule has 0 aliphatic carbocycles. The van der Waals surface area contributed by atoms with Gasteiger partial charge in [0.15, 0.2) is 5.96 Å². The van der Waals surface area contributed by atoms with E-state index >= 15 is 0 Å². The van der Waals surface area contributed by atoms with E-state index in [1.807, 2.05) is 6.92 Å². The van der Waals surface area contributed by atoms with Crippen LogP contribution in [0, 0.1) is 5.92 Å². The number of halogens is 1. The van der Waals surface area contributed by atoms with Crippen molar-refractivity contribution in [2.24, 2.45) is 16.6 Å². The summed E-state index contributed by atoms with van der Waals surface area (Å²) in [5.41, 5.74) is 6.67. The molecule has 0 aromatic carbocycles. The fraction of sp³-hybridized carbons (Fsp3) is 0.600. The second-order valence-corrected chi connectivity index (χ2v) is 5.94. The molecule has 0 fully saturated rings. The maximum atomic E-state index is 6.15. The van der Waals surface area contributed by atoms with Gasteiger partial charge in [0.1, 0.15) is 5.02 Å². The van der Waals surface area contributed by atoms with Crippen molar-refractivity contribution >= 4 is 17.6 Å². The summed E-state index contributed by atoms with van der Waals surface area (Å²) in [6.45, 7) is 7.64. The number of ether oxygens (including phenoxy) is 2. The van der Waals surface area contributed by atoms with Gasteiger partial charge in [-0.05, 0) is 24.5 Å². The molecule has 1 aromatic heterocycles. The summed E-state index contributed by atoms with van der Waals surface area (Å²) in [5.74, 6) is 1.23. The molecule has 0 saturated carbocycles. The number of guanidine groups is 1. The molecule has 0 radical (unpaired) electrons. The van der Waals surface area contributed by atoms with Crippen LogP contribution >= 0.6 is 11.6 Å². The summed E-state index contributed by atoms with van der Waals surface area (Å²) in [6, 6.07) is 1.89. The van der Waals surface area contributed by atoms with Crippen molar-refractivity contribution in [2.45, 2.75) is 33.4 Å². The molecule has 0 aliphatic heterocycles. The Hall–Kier alpha value is -1.53. The van der Waals surface area contributed by atoms with Gasteiger partial charge in [-0.15, -0.1) is 0 Å². The molecule has 0 saturated heterocycles. The largest absolute Gasteiger partial charge is 0.476 e. The standard InChI is InChI=1S/C15H25ClN4O2/c1-10(2)8-22-14-13(16)5-12(6-18-14)7-19-15(17)20-11(3)9-21-4/h5-6,10-11H,7-9H2,1-4H3,(H3,17,19,20). The zero-order valence-corrected chi connectivity index (χ0v) is 14.4. The van der Waals surface area contributed by atoms with E-state index in [2.05, 4.69) is 29.1 Å².